The Labute approximate surface area is 178 Å². The molecule has 1 atom stereocenters. The molecule has 148 valence electrons. The maximum atomic E-state index is 5.00. The zero-order chi connectivity index (χ0) is 18.2. The smallest absolute Gasteiger partial charge is 0.223 e. The van der Waals surface area contributed by atoms with Gasteiger partial charge in [-0.2, -0.15) is 4.98 Å². The number of rotatable bonds is 7. The van der Waals surface area contributed by atoms with Crippen molar-refractivity contribution in [3.8, 4) is 0 Å². The first-order chi connectivity index (χ1) is 12.8. The third-order valence-corrected chi connectivity index (χ3v) is 4.52. The molecule has 0 spiro atoms. The molecule has 0 aliphatic carbocycles. The lowest BCUT2D eigenvalue weighted by atomic mass is 10.1. The number of halogens is 1. The Morgan fingerprint density at radius 2 is 1.96 bits per heavy atom. The van der Waals surface area contributed by atoms with Crippen LogP contribution in [0, 0.1) is 6.92 Å². The molecule has 1 aromatic carbocycles. The number of aryl methyl sites for hydroxylation is 1. The number of hydrogen-bond donors (Lipinski definition) is 2. The van der Waals surface area contributed by atoms with Gasteiger partial charge in [0, 0.05) is 20.0 Å². The predicted octanol–water partition coefficient (Wildman–Crippen LogP) is 2.89. The number of benzene rings is 1. The lowest BCUT2D eigenvalue weighted by Gasteiger charge is -2.29. The van der Waals surface area contributed by atoms with Gasteiger partial charge in [-0.3, -0.25) is 4.90 Å². The number of guanidine groups is 1. The number of aromatic nitrogens is 2. The molecule has 2 heterocycles. The normalized spacial score (nSPS) is 16.0. The Hall–Kier alpha value is -1.68. The average Bonchev–Trinajstić information content (AvgIpc) is 3.33. The fourth-order valence-electron chi connectivity index (χ4n) is 3.28. The minimum absolute atomic E-state index is 0. The first-order valence-electron chi connectivity index (χ1n) is 9.36. The highest BCUT2D eigenvalue weighted by atomic mass is 127. The highest BCUT2D eigenvalue weighted by Crippen LogP contribution is 2.24. The summed E-state index contributed by atoms with van der Waals surface area (Å²) >= 11 is 0. The zero-order valence-corrected chi connectivity index (χ0v) is 18.3. The highest BCUT2D eigenvalue weighted by molar-refractivity contribution is 14.0. The largest absolute Gasteiger partial charge is 0.357 e. The fraction of sp³-hybridized carbons (Fsp3) is 0.526. The van der Waals surface area contributed by atoms with Crippen LogP contribution in [0.25, 0.3) is 0 Å². The summed E-state index contributed by atoms with van der Waals surface area (Å²) in [6.45, 7) is 8.15. The van der Waals surface area contributed by atoms with E-state index in [0.29, 0.717) is 24.3 Å². The summed E-state index contributed by atoms with van der Waals surface area (Å²) in [6.07, 6.45) is 2.54. The van der Waals surface area contributed by atoms with E-state index in [0.717, 1.165) is 32.1 Å². The molecule has 1 fully saturated rings. The maximum absolute atomic E-state index is 5.00. The van der Waals surface area contributed by atoms with Gasteiger partial charge in [-0.1, -0.05) is 35.5 Å². The topological polar surface area (TPSA) is 78.6 Å². The van der Waals surface area contributed by atoms with Crippen LogP contribution < -0.4 is 10.6 Å². The second-order valence-corrected chi connectivity index (χ2v) is 6.48. The van der Waals surface area contributed by atoms with Gasteiger partial charge in [-0.25, -0.2) is 4.99 Å². The van der Waals surface area contributed by atoms with Gasteiger partial charge in [0.05, 0.1) is 6.04 Å². The quantitative estimate of drug-likeness (QED) is 0.358. The molecule has 2 aromatic rings. The minimum atomic E-state index is 0. The third-order valence-electron chi connectivity index (χ3n) is 4.52. The number of aliphatic imine (C=N–C) groups is 1. The van der Waals surface area contributed by atoms with Crippen LogP contribution in [0.5, 0.6) is 0 Å². The van der Waals surface area contributed by atoms with Crippen LogP contribution in [0.15, 0.2) is 39.8 Å². The first-order valence-corrected chi connectivity index (χ1v) is 9.36. The van der Waals surface area contributed by atoms with Crippen molar-refractivity contribution in [2.45, 2.75) is 39.3 Å². The van der Waals surface area contributed by atoms with Crippen molar-refractivity contribution in [2.24, 2.45) is 4.99 Å². The molecule has 7 nitrogen and oxygen atoms in total. The van der Waals surface area contributed by atoms with E-state index in [-0.39, 0.29) is 24.0 Å². The number of likely N-dealkylation sites (tertiary alicyclic amines) is 1. The molecule has 1 unspecified atom stereocenters. The van der Waals surface area contributed by atoms with Gasteiger partial charge in [0.25, 0.3) is 0 Å². The van der Waals surface area contributed by atoms with E-state index in [1.165, 1.54) is 18.4 Å². The second kappa shape index (κ2) is 11.2. The van der Waals surface area contributed by atoms with Gasteiger partial charge in [0.2, 0.25) is 5.89 Å². The van der Waals surface area contributed by atoms with Crippen molar-refractivity contribution in [1.82, 2.24) is 25.7 Å². The highest BCUT2D eigenvalue weighted by Gasteiger charge is 2.23. The standard InChI is InChI=1S/C19H28N6O.HI/c1-3-20-19(22-14-18-23-15(2)26-24-18)21-13-17(25-11-7-8-12-25)16-9-5-4-6-10-16;/h4-6,9-10,17H,3,7-8,11-14H2,1-2H3,(H2,20,21,22);1H. The molecule has 1 aliphatic rings. The molecule has 0 amide bonds. The Balaban J connectivity index is 0.00000261. The molecule has 0 radical (unpaired) electrons. The van der Waals surface area contributed by atoms with Gasteiger partial charge in [-0.15, -0.1) is 24.0 Å². The van der Waals surface area contributed by atoms with Crippen molar-refractivity contribution >= 4 is 29.9 Å². The van der Waals surface area contributed by atoms with Gasteiger partial charge < -0.3 is 15.2 Å². The molecule has 0 saturated carbocycles. The van der Waals surface area contributed by atoms with Crippen molar-refractivity contribution in [1.29, 1.82) is 0 Å². The summed E-state index contributed by atoms with van der Waals surface area (Å²) in [5.74, 6) is 1.93. The van der Waals surface area contributed by atoms with E-state index in [2.05, 4.69) is 67.9 Å². The molecule has 1 saturated heterocycles. The zero-order valence-electron chi connectivity index (χ0n) is 16.0. The van der Waals surface area contributed by atoms with E-state index in [1.54, 1.807) is 6.92 Å². The first kappa shape index (κ1) is 21.6. The van der Waals surface area contributed by atoms with Crippen LogP contribution in [0.3, 0.4) is 0 Å². The number of nitrogens with zero attached hydrogens (tertiary/aromatic N) is 4. The van der Waals surface area contributed by atoms with E-state index >= 15 is 0 Å². The predicted molar refractivity (Wildman–Crippen MR) is 117 cm³/mol. The summed E-state index contributed by atoms with van der Waals surface area (Å²) in [7, 11) is 0. The average molecular weight is 484 g/mol. The molecule has 1 aromatic heterocycles. The molecule has 2 N–H and O–H groups in total. The number of nitrogens with one attached hydrogen (secondary N) is 2. The summed E-state index contributed by atoms with van der Waals surface area (Å²) in [4.78, 5) is 11.3. The molecule has 3 rings (SSSR count). The second-order valence-electron chi connectivity index (χ2n) is 6.48. The summed E-state index contributed by atoms with van der Waals surface area (Å²) < 4.78 is 5.00. The molecule has 8 heteroatoms. The van der Waals surface area contributed by atoms with Gasteiger partial charge in [-0.05, 0) is 38.4 Å². The van der Waals surface area contributed by atoms with Crippen molar-refractivity contribution < 1.29 is 4.52 Å². The lowest BCUT2D eigenvalue weighted by Crippen LogP contribution is -2.42. The monoisotopic (exact) mass is 484 g/mol. The summed E-state index contributed by atoms with van der Waals surface area (Å²) in [5.41, 5.74) is 1.34. The van der Waals surface area contributed by atoms with Crippen LogP contribution in [-0.4, -0.2) is 47.2 Å². The van der Waals surface area contributed by atoms with Gasteiger partial charge >= 0.3 is 0 Å². The van der Waals surface area contributed by atoms with Crippen molar-refractivity contribution in [3.63, 3.8) is 0 Å². The van der Waals surface area contributed by atoms with Crippen LogP contribution in [0.4, 0.5) is 0 Å². The third kappa shape index (κ3) is 6.46. The van der Waals surface area contributed by atoms with Crippen LogP contribution in [-0.2, 0) is 6.54 Å². The Morgan fingerprint density at radius 3 is 2.59 bits per heavy atom. The SMILES string of the molecule is CCNC(=NCc1noc(C)n1)NCC(c1ccccc1)N1CCCC1.I. The van der Waals surface area contributed by atoms with Crippen LogP contribution in [0.2, 0.25) is 0 Å². The van der Waals surface area contributed by atoms with Crippen molar-refractivity contribution in [2.75, 3.05) is 26.2 Å². The molecule has 1 aliphatic heterocycles. The Morgan fingerprint density at radius 1 is 1.22 bits per heavy atom. The molecule has 0 bridgehead atoms. The fourth-order valence-corrected chi connectivity index (χ4v) is 3.28. The molecular formula is C19H29IN6O. The Bertz CT molecular complexity index is 699. The van der Waals surface area contributed by atoms with Crippen molar-refractivity contribution in [3.05, 3.63) is 47.6 Å². The molecular weight excluding hydrogens is 455 g/mol. The van der Waals surface area contributed by atoms with Crippen LogP contribution in [0.1, 0.15) is 43.1 Å². The van der Waals surface area contributed by atoms with Gasteiger partial charge in [0.1, 0.15) is 6.54 Å². The van der Waals surface area contributed by atoms with E-state index < -0.39 is 0 Å². The lowest BCUT2D eigenvalue weighted by molar-refractivity contribution is 0.245. The van der Waals surface area contributed by atoms with Crippen LogP contribution >= 0.6 is 24.0 Å². The number of hydrogen-bond acceptors (Lipinski definition) is 5. The van der Waals surface area contributed by atoms with E-state index in [9.17, 15) is 0 Å². The summed E-state index contributed by atoms with van der Waals surface area (Å²) in [6, 6.07) is 11.0. The van der Waals surface area contributed by atoms with Gasteiger partial charge in [0.15, 0.2) is 11.8 Å². The van der Waals surface area contributed by atoms with E-state index in [1.807, 2.05) is 0 Å². The summed E-state index contributed by atoms with van der Waals surface area (Å²) in [5, 5.41) is 10.7. The maximum Gasteiger partial charge on any atom is 0.223 e. The van der Waals surface area contributed by atoms with E-state index in [4.69, 9.17) is 4.52 Å². The Kier molecular flexibility index (Phi) is 8.99. The molecule has 27 heavy (non-hydrogen) atoms. The minimum Gasteiger partial charge on any atom is -0.357 e.